The zero-order valence-electron chi connectivity index (χ0n) is 13.4. The van der Waals surface area contributed by atoms with Gasteiger partial charge in [0, 0.05) is 18.2 Å². The summed E-state index contributed by atoms with van der Waals surface area (Å²) in [6.45, 7) is -0.511. The number of carbonyl (C=O) groups excluding carboxylic acids is 2. The minimum absolute atomic E-state index is 0.0564. The maximum Gasteiger partial charge on any atom is 0.331 e. The number of amides is 1. The average Bonchev–Trinajstić information content (AvgIpc) is 2.65. The Morgan fingerprint density at radius 1 is 1.19 bits per heavy atom. The van der Waals surface area contributed by atoms with Crippen molar-refractivity contribution < 1.29 is 19.2 Å². The maximum absolute atomic E-state index is 11.8. The van der Waals surface area contributed by atoms with E-state index in [9.17, 15) is 19.7 Å². The highest BCUT2D eigenvalue weighted by atomic mass is 16.6. The van der Waals surface area contributed by atoms with Crippen LogP contribution in [0.15, 0.2) is 54.6 Å². The molecule has 26 heavy (non-hydrogen) atoms. The summed E-state index contributed by atoms with van der Waals surface area (Å²) in [5.41, 5.74) is 1.14. The number of para-hydroxylation sites is 1. The molecule has 0 bridgehead atoms. The van der Waals surface area contributed by atoms with Crippen LogP contribution in [-0.4, -0.2) is 23.4 Å². The predicted molar refractivity (Wildman–Crippen MR) is 92.9 cm³/mol. The molecule has 0 aliphatic carbocycles. The van der Waals surface area contributed by atoms with E-state index in [1.54, 1.807) is 24.3 Å². The lowest BCUT2D eigenvalue weighted by Gasteiger charge is -2.06. The summed E-state index contributed by atoms with van der Waals surface area (Å²) in [4.78, 5) is 33.4. The number of nitrogens with zero attached hydrogens (tertiary/aromatic N) is 2. The molecule has 0 unspecified atom stereocenters. The van der Waals surface area contributed by atoms with E-state index in [-0.39, 0.29) is 5.69 Å². The number of hydrogen-bond donors (Lipinski definition) is 1. The Bertz CT molecular complexity index is 898. The number of anilines is 1. The molecular formula is C18H13N3O5. The third-order valence-electron chi connectivity index (χ3n) is 3.18. The lowest BCUT2D eigenvalue weighted by molar-refractivity contribution is -0.384. The molecule has 0 atom stereocenters. The first-order valence-electron chi connectivity index (χ1n) is 7.38. The van der Waals surface area contributed by atoms with Gasteiger partial charge in [-0.1, -0.05) is 12.1 Å². The number of ether oxygens (including phenoxy) is 1. The number of hydrogen-bond acceptors (Lipinski definition) is 6. The zero-order chi connectivity index (χ0) is 18.9. The van der Waals surface area contributed by atoms with Gasteiger partial charge in [0.1, 0.15) is 6.07 Å². The van der Waals surface area contributed by atoms with Gasteiger partial charge in [0.05, 0.1) is 16.2 Å². The summed E-state index contributed by atoms with van der Waals surface area (Å²) in [5.74, 6) is -1.32. The number of nitriles is 1. The number of benzene rings is 2. The zero-order valence-corrected chi connectivity index (χ0v) is 13.4. The molecule has 2 aromatic carbocycles. The van der Waals surface area contributed by atoms with E-state index in [0.29, 0.717) is 16.8 Å². The van der Waals surface area contributed by atoms with Crippen LogP contribution >= 0.6 is 0 Å². The van der Waals surface area contributed by atoms with Crippen LogP contribution in [0.1, 0.15) is 11.1 Å². The Morgan fingerprint density at radius 2 is 1.88 bits per heavy atom. The number of carbonyl (C=O) groups is 2. The van der Waals surface area contributed by atoms with Gasteiger partial charge in [-0.25, -0.2) is 4.79 Å². The first-order valence-corrected chi connectivity index (χ1v) is 7.38. The summed E-state index contributed by atoms with van der Waals surface area (Å²) in [5, 5.41) is 22.0. The molecule has 0 aromatic heterocycles. The van der Waals surface area contributed by atoms with Crippen molar-refractivity contribution in [2.75, 3.05) is 11.9 Å². The Morgan fingerprint density at radius 3 is 2.54 bits per heavy atom. The third kappa shape index (κ3) is 5.28. The summed E-state index contributed by atoms with van der Waals surface area (Å²) < 4.78 is 4.80. The van der Waals surface area contributed by atoms with Gasteiger partial charge < -0.3 is 10.1 Å². The highest BCUT2D eigenvalue weighted by Gasteiger charge is 2.08. The van der Waals surface area contributed by atoms with Crippen molar-refractivity contribution >= 4 is 29.3 Å². The molecule has 1 amide bonds. The van der Waals surface area contributed by atoms with Crippen LogP contribution in [0.3, 0.4) is 0 Å². The van der Waals surface area contributed by atoms with Crippen molar-refractivity contribution in [2.24, 2.45) is 0 Å². The molecule has 8 nitrogen and oxygen atoms in total. The monoisotopic (exact) mass is 351 g/mol. The first kappa shape index (κ1) is 18.4. The Balaban J connectivity index is 1.85. The molecule has 1 N–H and O–H groups in total. The molecule has 0 radical (unpaired) electrons. The number of nitro groups is 1. The van der Waals surface area contributed by atoms with Crippen LogP contribution in [0.2, 0.25) is 0 Å². The molecule has 0 spiro atoms. The smallest absolute Gasteiger partial charge is 0.331 e. The molecule has 0 saturated carbocycles. The highest BCUT2D eigenvalue weighted by Crippen LogP contribution is 2.14. The second-order valence-corrected chi connectivity index (χ2v) is 5.00. The number of nitro benzene ring substituents is 1. The molecule has 0 fully saturated rings. The summed E-state index contributed by atoms with van der Waals surface area (Å²) in [7, 11) is 0. The van der Waals surface area contributed by atoms with E-state index in [1.165, 1.54) is 30.3 Å². The van der Waals surface area contributed by atoms with Crippen molar-refractivity contribution in [1.29, 1.82) is 5.26 Å². The Kier molecular flexibility index (Phi) is 6.17. The number of non-ortho nitro benzene ring substituents is 1. The standard InChI is InChI=1S/C18H13N3O5/c19-11-14-3-1-2-4-16(14)20-17(22)12-26-18(23)10-7-13-5-8-15(9-6-13)21(24)25/h1-10H,12H2,(H,20,22)/b10-7+. The second-order valence-electron chi connectivity index (χ2n) is 5.00. The molecule has 0 saturated heterocycles. The van der Waals surface area contributed by atoms with Crippen molar-refractivity contribution in [1.82, 2.24) is 0 Å². The molecule has 0 aliphatic rings. The van der Waals surface area contributed by atoms with Gasteiger partial charge in [-0.3, -0.25) is 14.9 Å². The third-order valence-corrected chi connectivity index (χ3v) is 3.18. The molecular weight excluding hydrogens is 338 g/mol. The second kappa shape index (κ2) is 8.75. The van der Waals surface area contributed by atoms with Crippen molar-refractivity contribution in [3.8, 4) is 6.07 Å². The number of nitrogens with one attached hydrogen (secondary N) is 1. The van der Waals surface area contributed by atoms with E-state index in [0.717, 1.165) is 6.08 Å². The van der Waals surface area contributed by atoms with Crippen molar-refractivity contribution in [3.63, 3.8) is 0 Å². The Labute approximate surface area is 148 Å². The van der Waals surface area contributed by atoms with Gasteiger partial charge in [-0.05, 0) is 35.9 Å². The highest BCUT2D eigenvalue weighted by molar-refractivity contribution is 5.95. The van der Waals surface area contributed by atoms with Gasteiger partial charge in [-0.15, -0.1) is 0 Å². The maximum atomic E-state index is 11.8. The van der Waals surface area contributed by atoms with E-state index in [4.69, 9.17) is 10.00 Å². The Hall–Kier alpha value is -3.99. The average molecular weight is 351 g/mol. The minimum Gasteiger partial charge on any atom is -0.452 e. The fraction of sp³-hybridized carbons (Fsp3) is 0.0556. The van der Waals surface area contributed by atoms with Crippen molar-refractivity contribution in [3.05, 3.63) is 75.8 Å². The first-order chi connectivity index (χ1) is 12.5. The van der Waals surface area contributed by atoms with Gasteiger partial charge in [-0.2, -0.15) is 5.26 Å². The van der Waals surface area contributed by atoms with E-state index >= 15 is 0 Å². The van der Waals surface area contributed by atoms with Crippen LogP contribution in [0.25, 0.3) is 6.08 Å². The van der Waals surface area contributed by atoms with Crippen LogP contribution in [-0.2, 0) is 14.3 Å². The topological polar surface area (TPSA) is 122 Å². The molecule has 130 valence electrons. The van der Waals surface area contributed by atoms with Crippen LogP contribution < -0.4 is 5.32 Å². The van der Waals surface area contributed by atoms with Crippen LogP contribution in [0.4, 0.5) is 11.4 Å². The molecule has 2 aromatic rings. The molecule has 0 heterocycles. The minimum atomic E-state index is -0.743. The molecule has 8 heteroatoms. The lowest BCUT2D eigenvalue weighted by atomic mass is 10.2. The summed E-state index contributed by atoms with van der Waals surface area (Å²) in [6, 6.07) is 14.0. The SMILES string of the molecule is N#Cc1ccccc1NC(=O)COC(=O)/C=C/c1ccc([N+](=O)[O-])cc1. The van der Waals surface area contributed by atoms with Crippen LogP contribution in [0, 0.1) is 21.4 Å². The lowest BCUT2D eigenvalue weighted by Crippen LogP contribution is -2.20. The molecule has 0 aliphatic heterocycles. The predicted octanol–water partition coefficient (Wildman–Crippen LogP) is 2.66. The van der Waals surface area contributed by atoms with E-state index in [1.807, 2.05) is 6.07 Å². The van der Waals surface area contributed by atoms with E-state index in [2.05, 4.69) is 5.32 Å². The largest absolute Gasteiger partial charge is 0.452 e. The van der Waals surface area contributed by atoms with Gasteiger partial charge in [0.15, 0.2) is 6.61 Å². The summed E-state index contributed by atoms with van der Waals surface area (Å²) in [6.07, 6.45) is 2.52. The van der Waals surface area contributed by atoms with Gasteiger partial charge in [0.2, 0.25) is 0 Å². The normalized spacial score (nSPS) is 10.1. The van der Waals surface area contributed by atoms with Gasteiger partial charge in [0.25, 0.3) is 11.6 Å². The van der Waals surface area contributed by atoms with Crippen LogP contribution in [0.5, 0.6) is 0 Å². The van der Waals surface area contributed by atoms with E-state index < -0.39 is 23.4 Å². The van der Waals surface area contributed by atoms with Crippen molar-refractivity contribution in [2.45, 2.75) is 0 Å². The number of rotatable bonds is 6. The fourth-order valence-corrected chi connectivity index (χ4v) is 1.93. The molecule has 2 rings (SSSR count). The quantitative estimate of drug-likeness (QED) is 0.369. The number of esters is 1. The fourth-order valence-electron chi connectivity index (χ4n) is 1.93. The summed E-state index contributed by atoms with van der Waals surface area (Å²) >= 11 is 0. The van der Waals surface area contributed by atoms with Gasteiger partial charge >= 0.3 is 5.97 Å².